The van der Waals surface area contributed by atoms with Gasteiger partial charge in [0.15, 0.2) is 11.5 Å². The molecule has 2 aromatic carbocycles. The summed E-state index contributed by atoms with van der Waals surface area (Å²) in [5, 5.41) is 3.07. The Hall–Kier alpha value is -2.59. The lowest BCUT2D eigenvalue weighted by Gasteiger charge is -2.12. The highest BCUT2D eigenvalue weighted by molar-refractivity contribution is 7.10. The molecule has 0 saturated heterocycles. The number of aromatic nitrogens is 1. The van der Waals surface area contributed by atoms with E-state index in [-0.39, 0.29) is 0 Å². The average Bonchev–Trinajstić information content (AvgIpc) is 3.16. The van der Waals surface area contributed by atoms with Crippen LogP contribution in [0, 0.1) is 12.8 Å². The lowest BCUT2D eigenvalue weighted by atomic mass is 10.1. The topological polar surface area (TPSA) is 31.4 Å². The first kappa shape index (κ1) is 20.2. The van der Waals surface area contributed by atoms with Crippen LogP contribution in [0.2, 0.25) is 0 Å². The molecule has 0 fully saturated rings. The predicted molar refractivity (Wildman–Crippen MR) is 119 cm³/mol. The van der Waals surface area contributed by atoms with E-state index in [0.717, 1.165) is 39.7 Å². The monoisotopic (exact) mass is 393 g/mol. The van der Waals surface area contributed by atoms with Crippen LogP contribution in [0.15, 0.2) is 47.8 Å². The van der Waals surface area contributed by atoms with Crippen LogP contribution in [-0.4, -0.2) is 18.7 Å². The predicted octanol–water partition coefficient (Wildman–Crippen LogP) is 6.72. The fourth-order valence-electron chi connectivity index (χ4n) is 2.70. The Balaban J connectivity index is 1.69. The van der Waals surface area contributed by atoms with Crippen molar-refractivity contribution >= 4 is 23.5 Å². The Kier molecular flexibility index (Phi) is 6.88. The van der Waals surface area contributed by atoms with Crippen LogP contribution in [0.4, 0.5) is 0 Å². The summed E-state index contributed by atoms with van der Waals surface area (Å²) in [5.74, 6) is 2.16. The van der Waals surface area contributed by atoms with Crippen molar-refractivity contribution in [3.63, 3.8) is 0 Å². The van der Waals surface area contributed by atoms with Crippen LogP contribution in [0.25, 0.3) is 23.4 Å². The molecule has 0 bridgehead atoms. The van der Waals surface area contributed by atoms with Crippen LogP contribution in [0.3, 0.4) is 0 Å². The minimum absolute atomic E-state index is 0.622. The number of hydrogen-bond donors (Lipinski definition) is 0. The van der Waals surface area contributed by atoms with Crippen LogP contribution < -0.4 is 9.47 Å². The van der Waals surface area contributed by atoms with E-state index in [9.17, 15) is 0 Å². The largest absolute Gasteiger partial charge is 0.493 e. The first-order chi connectivity index (χ1) is 13.5. The van der Waals surface area contributed by atoms with Gasteiger partial charge in [0, 0.05) is 10.9 Å². The molecule has 0 aliphatic rings. The lowest BCUT2D eigenvalue weighted by Crippen LogP contribution is -2.02. The van der Waals surface area contributed by atoms with Gasteiger partial charge in [-0.05, 0) is 43.0 Å². The highest BCUT2D eigenvalue weighted by Crippen LogP contribution is 2.29. The molecule has 0 atom stereocenters. The van der Waals surface area contributed by atoms with E-state index in [1.54, 1.807) is 18.4 Å². The van der Waals surface area contributed by atoms with Gasteiger partial charge in [-0.2, -0.15) is 0 Å². The molecule has 0 unspecified atom stereocenters. The summed E-state index contributed by atoms with van der Waals surface area (Å²) < 4.78 is 11.4. The third-order valence-corrected chi connectivity index (χ3v) is 5.24. The van der Waals surface area contributed by atoms with Gasteiger partial charge in [0.2, 0.25) is 0 Å². The molecule has 0 aliphatic carbocycles. The second kappa shape index (κ2) is 9.56. The Bertz CT molecular complexity index is 926. The molecular formula is C24H27NO2S. The molecule has 1 heterocycles. The maximum Gasteiger partial charge on any atom is 0.161 e. The molecule has 3 nitrogen and oxygen atoms in total. The van der Waals surface area contributed by atoms with Crippen molar-refractivity contribution in [1.82, 2.24) is 4.98 Å². The third-order valence-electron chi connectivity index (χ3n) is 4.43. The summed E-state index contributed by atoms with van der Waals surface area (Å²) in [7, 11) is 1.67. The highest BCUT2D eigenvalue weighted by atomic mass is 32.1. The average molecular weight is 394 g/mol. The van der Waals surface area contributed by atoms with Crippen LogP contribution >= 0.6 is 11.3 Å². The normalized spacial score (nSPS) is 11.3. The molecule has 28 heavy (non-hydrogen) atoms. The lowest BCUT2D eigenvalue weighted by molar-refractivity contribution is 0.273. The maximum atomic E-state index is 5.86. The standard InChI is InChI=1S/C24H27NO2S/c1-17(2)13-14-27-22-11-7-19(15-23(22)26-4)8-12-24-25-21(16-28-24)20-9-5-18(3)6-10-20/h5-12,15-17H,13-14H2,1-4H3. The number of nitrogens with zero attached hydrogens (tertiary/aromatic N) is 1. The number of benzene rings is 2. The van der Waals surface area contributed by atoms with Gasteiger partial charge < -0.3 is 9.47 Å². The number of methoxy groups -OCH3 is 1. The van der Waals surface area contributed by atoms with Gasteiger partial charge in [-0.1, -0.05) is 55.8 Å². The van der Waals surface area contributed by atoms with E-state index in [4.69, 9.17) is 14.5 Å². The molecule has 1 aromatic heterocycles. The van der Waals surface area contributed by atoms with Gasteiger partial charge in [0.05, 0.1) is 19.4 Å². The van der Waals surface area contributed by atoms with Crippen molar-refractivity contribution < 1.29 is 9.47 Å². The van der Waals surface area contributed by atoms with Crippen LogP contribution in [0.1, 0.15) is 36.4 Å². The number of thiazole rings is 1. The SMILES string of the molecule is COc1cc(C=Cc2nc(-c3ccc(C)cc3)cs2)ccc1OCCC(C)C. The smallest absolute Gasteiger partial charge is 0.161 e. The zero-order valence-electron chi connectivity index (χ0n) is 16.9. The highest BCUT2D eigenvalue weighted by Gasteiger charge is 2.06. The van der Waals surface area contributed by atoms with Gasteiger partial charge in [0.1, 0.15) is 5.01 Å². The minimum Gasteiger partial charge on any atom is -0.493 e. The maximum absolute atomic E-state index is 5.86. The van der Waals surface area contributed by atoms with E-state index in [0.29, 0.717) is 12.5 Å². The molecule has 0 spiro atoms. The van der Waals surface area contributed by atoms with E-state index in [1.807, 2.05) is 24.3 Å². The van der Waals surface area contributed by atoms with Gasteiger partial charge in [0.25, 0.3) is 0 Å². The molecule has 3 rings (SSSR count). The number of ether oxygens (including phenoxy) is 2. The first-order valence-corrected chi connectivity index (χ1v) is 10.4. The summed E-state index contributed by atoms with van der Waals surface area (Å²) in [5.41, 5.74) is 4.46. The van der Waals surface area contributed by atoms with E-state index < -0.39 is 0 Å². The molecule has 4 heteroatoms. The van der Waals surface area contributed by atoms with E-state index in [1.165, 1.54) is 5.56 Å². The Morgan fingerprint density at radius 2 is 1.82 bits per heavy atom. The fraction of sp³-hybridized carbons (Fsp3) is 0.292. The number of rotatable bonds is 8. The van der Waals surface area contributed by atoms with Crippen molar-refractivity contribution in [3.05, 3.63) is 64.0 Å². The number of aryl methyl sites for hydroxylation is 1. The molecule has 0 radical (unpaired) electrons. The minimum atomic E-state index is 0.622. The summed E-state index contributed by atoms with van der Waals surface area (Å²) >= 11 is 1.64. The van der Waals surface area contributed by atoms with Crippen molar-refractivity contribution in [3.8, 4) is 22.8 Å². The zero-order chi connectivity index (χ0) is 19.9. The Morgan fingerprint density at radius 3 is 2.54 bits per heavy atom. The van der Waals surface area contributed by atoms with Gasteiger partial charge in [-0.3, -0.25) is 0 Å². The van der Waals surface area contributed by atoms with Gasteiger partial charge in [-0.15, -0.1) is 11.3 Å². The van der Waals surface area contributed by atoms with Crippen molar-refractivity contribution in [2.24, 2.45) is 5.92 Å². The van der Waals surface area contributed by atoms with Gasteiger partial charge in [-0.25, -0.2) is 4.98 Å². The van der Waals surface area contributed by atoms with Crippen molar-refractivity contribution in [2.45, 2.75) is 27.2 Å². The summed E-state index contributed by atoms with van der Waals surface area (Å²) in [6, 6.07) is 14.5. The number of hydrogen-bond acceptors (Lipinski definition) is 4. The Morgan fingerprint density at radius 1 is 1.04 bits per heavy atom. The van der Waals surface area contributed by atoms with Crippen LogP contribution in [-0.2, 0) is 0 Å². The van der Waals surface area contributed by atoms with E-state index >= 15 is 0 Å². The fourth-order valence-corrected chi connectivity index (χ4v) is 3.42. The van der Waals surface area contributed by atoms with Gasteiger partial charge >= 0.3 is 0 Å². The quantitative estimate of drug-likeness (QED) is 0.425. The van der Waals surface area contributed by atoms with Crippen LogP contribution in [0.5, 0.6) is 11.5 Å². The third kappa shape index (κ3) is 5.46. The van der Waals surface area contributed by atoms with Crippen molar-refractivity contribution in [2.75, 3.05) is 13.7 Å². The summed E-state index contributed by atoms with van der Waals surface area (Å²) in [4.78, 5) is 4.72. The molecule has 146 valence electrons. The molecule has 0 saturated carbocycles. The molecule has 0 aliphatic heterocycles. The molecular weight excluding hydrogens is 366 g/mol. The molecule has 0 amide bonds. The zero-order valence-corrected chi connectivity index (χ0v) is 17.8. The summed E-state index contributed by atoms with van der Waals surface area (Å²) in [6.07, 6.45) is 5.12. The Labute approximate surface area is 171 Å². The summed E-state index contributed by atoms with van der Waals surface area (Å²) in [6.45, 7) is 7.17. The van der Waals surface area contributed by atoms with Crippen molar-refractivity contribution in [1.29, 1.82) is 0 Å². The second-order valence-electron chi connectivity index (χ2n) is 7.21. The molecule has 0 N–H and O–H groups in total. The second-order valence-corrected chi connectivity index (χ2v) is 8.10. The first-order valence-electron chi connectivity index (χ1n) is 9.56. The van der Waals surface area contributed by atoms with E-state index in [2.05, 4.69) is 56.5 Å². The molecule has 3 aromatic rings.